The number of thioether (sulfide) groups is 1. The largest absolute Gasteiger partial charge is 0.467 e. The molecular formula is C23H25N3O4S. The van der Waals surface area contributed by atoms with E-state index in [9.17, 15) is 14.4 Å². The van der Waals surface area contributed by atoms with E-state index < -0.39 is 23.6 Å². The number of amides is 2. The Kier molecular flexibility index (Phi) is 5.91. The van der Waals surface area contributed by atoms with Gasteiger partial charge in [0.15, 0.2) is 6.04 Å². The Hall–Kier alpha value is -3.00. The van der Waals surface area contributed by atoms with Crippen molar-refractivity contribution < 1.29 is 19.1 Å². The number of anilines is 1. The molecule has 0 radical (unpaired) electrons. The monoisotopic (exact) mass is 439 g/mol. The van der Waals surface area contributed by atoms with E-state index in [2.05, 4.69) is 10.6 Å². The van der Waals surface area contributed by atoms with Crippen molar-refractivity contribution in [2.45, 2.75) is 36.3 Å². The Morgan fingerprint density at radius 1 is 1.13 bits per heavy atom. The Morgan fingerprint density at radius 2 is 1.77 bits per heavy atom. The van der Waals surface area contributed by atoms with E-state index in [0.717, 1.165) is 11.3 Å². The van der Waals surface area contributed by atoms with Crippen molar-refractivity contribution in [2.24, 2.45) is 0 Å². The molecule has 0 spiro atoms. The summed E-state index contributed by atoms with van der Waals surface area (Å²) in [6, 6.07) is 17.5. The van der Waals surface area contributed by atoms with Gasteiger partial charge < -0.3 is 20.3 Å². The summed E-state index contributed by atoms with van der Waals surface area (Å²) in [7, 11) is 1.32. The third kappa shape index (κ3) is 4.12. The molecule has 4 atom stereocenters. The Balaban J connectivity index is 1.49. The first-order chi connectivity index (χ1) is 14.9. The smallest absolute Gasteiger partial charge is 0.331 e. The van der Waals surface area contributed by atoms with Crippen LogP contribution in [0.25, 0.3) is 0 Å². The van der Waals surface area contributed by atoms with Crippen LogP contribution in [0.1, 0.15) is 12.5 Å². The van der Waals surface area contributed by atoms with Gasteiger partial charge in [0.2, 0.25) is 11.8 Å². The van der Waals surface area contributed by atoms with Crippen LogP contribution in [0.15, 0.2) is 60.7 Å². The highest BCUT2D eigenvalue weighted by molar-refractivity contribution is 8.00. The molecule has 2 heterocycles. The van der Waals surface area contributed by atoms with Crippen molar-refractivity contribution in [1.82, 2.24) is 10.2 Å². The van der Waals surface area contributed by atoms with Gasteiger partial charge in [-0.1, -0.05) is 48.5 Å². The van der Waals surface area contributed by atoms with Crippen LogP contribution in [0, 0.1) is 0 Å². The number of methoxy groups -OCH3 is 1. The van der Waals surface area contributed by atoms with Gasteiger partial charge in [-0.25, -0.2) is 4.79 Å². The topological polar surface area (TPSA) is 87.7 Å². The van der Waals surface area contributed by atoms with Gasteiger partial charge in [-0.2, -0.15) is 0 Å². The molecule has 2 aliphatic rings. The van der Waals surface area contributed by atoms with Gasteiger partial charge >= 0.3 is 5.97 Å². The van der Waals surface area contributed by atoms with E-state index in [1.54, 1.807) is 16.7 Å². The SMILES string of the molecule is COC(=O)C1N2C(=O)C(NC(=O)Cc3ccccc3)[C@H]2SCC1(C)Nc1ccccc1. The van der Waals surface area contributed by atoms with E-state index in [4.69, 9.17) is 4.74 Å². The standard InChI is InChI=1S/C23H25N3O4S/c1-23(25-16-11-7-4-8-12-16)14-31-21-18(20(28)26(21)19(23)22(29)30-2)24-17(27)13-15-9-5-3-6-10-15/h3-12,18-19,21,25H,13-14H2,1-2H3,(H,24,27)/t18?,19?,21-,23?/m1/s1. The van der Waals surface area contributed by atoms with Crippen LogP contribution >= 0.6 is 11.8 Å². The third-order valence-corrected chi connectivity index (χ3v) is 7.27. The summed E-state index contributed by atoms with van der Waals surface area (Å²) >= 11 is 1.55. The lowest BCUT2D eigenvalue weighted by atomic mass is 9.87. The first-order valence-corrected chi connectivity index (χ1v) is 11.2. The molecule has 2 saturated heterocycles. The van der Waals surface area contributed by atoms with Crippen LogP contribution in [0.3, 0.4) is 0 Å². The van der Waals surface area contributed by atoms with E-state index in [1.165, 1.54) is 7.11 Å². The zero-order chi connectivity index (χ0) is 22.0. The number of hydrogen-bond donors (Lipinski definition) is 2. The van der Waals surface area contributed by atoms with E-state index in [1.807, 2.05) is 67.6 Å². The summed E-state index contributed by atoms with van der Waals surface area (Å²) in [6.07, 6.45) is 0.204. The molecule has 0 bridgehead atoms. The molecular weight excluding hydrogens is 414 g/mol. The summed E-state index contributed by atoms with van der Waals surface area (Å²) in [6.45, 7) is 1.92. The Morgan fingerprint density at radius 3 is 2.42 bits per heavy atom. The number of fused-ring (bicyclic) bond motifs is 1. The molecule has 31 heavy (non-hydrogen) atoms. The number of ether oxygens (including phenoxy) is 1. The van der Waals surface area contributed by atoms with Crippen LogP contribution in [-0.4, -0.2) is 58.5 Å². The fourth-order valence-electron chi connectivity index (χ4n) is 4.16. The number of para-hydroxylation sites is 1. The van der Waals surface area contributed by atoms with Crippen LogP contribution in [-0.2, 0) is 25.5 Å². The van der Waals surface area contributed by atoms with E-state index in [-0.39, 0.29) is 23.6 Å². The molecule has 2 aliphatic heterocycles. The zero-order valence-electron chi connectivity index (χ0n) is 17.4. The van der Waals surface area contributed by atoms with Crippen molar-refractivity contribution >= 4 is 35.2 Å². The molecule has 2 aromatic carbocycles. The third-order valence-electron chi connectivity index (χ3n) is 5.67. The molecule has 2 amide bonds. The number of carbonyl (C=O) groups excluding carboxylic acids is 3. The lowest BCUT2D eigenvalue weighted by Gasteiger charge is -2.58. The fraction of sp³-hybridized carbons (Fsp3) is 0.348. The molecule has 3 unspecified atom stereocenters. The minimum absolute atomic E-state index is 0.204. The maximum absolute atomic E-state index is 13.0. The van der Waals surface area contributed by atoms with Gasteiger partial charge in [-0.05, 0) is 24.6 Å². The van der Waals surface area contributed by atoms with Crippen LogP contribution < -0.4 is 10.6 Å². The van der Waals surface area contributed by atoms with Gasteiger partial charge in [0.25, 0.3) is 0 Å². The highest BCUT2D eigenvalue weighted by Gasteiger charge is 2.61. The number of carbonyl (C=O) groups is 3. The van der Waals surface area contributed by atoms with Crippen LogP contribution in [0.5, 0.6) is 0 Å². The number of β-lactam (4-membered cyclic amide) rings is 1. The van der Waals surface area contributed by atoms with E-state index >= 15 is 0 Å². The molecule has 8 heteroatoms. The maximum atomic E-state index is 13.0. The molecule has 4 rings (SSSR count). The Labute approximate surface area is 185 Å². The van der Waals surface area contributed by atoms with Crippen molar-refractivity contribution in [1.29, 1.82) is 0 Å². The number of esters is 1. The second kappa shape index (κ2) is 8.63. The molecule has 162 valence electrons. The lowest BCUT2D eigenvalue weighted by Crippen LogP contribution is -2.80. The van der Waals surface area contributed by atoms with Crippen molar-refractivity contribution in [3.63, 3.8) is 0 Å². The number of benzene rings is 2. The Bertz CT molecular complexity index is 971. The lowest BCUT2D eigenvalue weighted by molar-refractivity contribution is -0.166. The van der Waals surface area contributed by atoms with Gasteiger partial charge in [0.1, 0.15) is 11.4 Å². The van der Waals surface area contributed by atoms with Crippen molar-refractivity contribution in [3.05, 3.63) is 66.2 Å². The summed E-state index contributed by atoms with van der Waals surface area (Å²) in [5, 5.41) is 5.95. The maximum Gasteiger partial charge on any atom is 0.331 e. The number of hydrogen-bond acceptors (Lipinski definition) is 6. The number of rotatable bonds is 6. The highest BCUT2D eigenvalue weighted by atomic mass is 32.2. The molecule has 0 aliphatic carbocycles. The van der Waals surface area contributed by atoms with Gasteiger partial charge in [-0.3, -0.25) is 9.59 Å². The van der Waals surface area contributed by atoms with Crippen LogP contribution in [0.4, 0.5) is 5.69 Å². The molecule has 2 N–H and O–H groups in total. The number of nitrogens with zero attached hydrogens (tertiary/aromatic N) is 1. The zero-order valence-corrected chi connectivity index (χ0v) is 18.2. The van der Waals surface area contributed by atoms with Crippen molar-refractivity contribution in [3.8, 4) is 0 Å². The predicted octanol–water partition coefficient (Wildman–Crippen LogP) is 2.04. The molecule has 0 aromatic heterocycles. The molecule has 2 fully saturated rings. The normalized spacial score (nSPS) is 27.0. The second-order valence-corrected chi connectivity index (χ2v) is 9.09. The predicted molar refractivity (Wildman–Crippen MR) is 119 cm³/mol. The highest BCUT2D eigenvalue weighted by Crippen LogP contribution is 2.43. The summed E-state index contributed by atoms with van der Waals surface area (Å²) in [5.41, 5.74) is 1.02. The molecule has 7 nitrogen and oxygen atoms in total. The second-order valence-electron chi connectivity index (χ2n) is 7.99. The van der Waals surface area contributed by atoms with Gasteiger partial charge in [-0.15, -0.1) is 11.8 Å². The molecule has 0 saturated carbocycles. The number of nitrogens with one attached hydrogen (secondary N) is 2. The first kappa shape index (κ1) is 21.2. The summed E-state index contributed by atoms with van der Waals surface area (Å²) in [4.78, 5) is 39.8. The van der Waals surface area contributed by atoms with Crippen molar-refractivity contribution in [2.75, 3.05) is 18.2 Å². The van der Waals surface area contributed by atoms with Gasteiger partial charge in [0.05, 0.1) is 19.1 Å². The van der Waals surface area contributed by atoms with Crippen LogP contribution in [0.2, 0.25) is 0 Å². The summed E-state index contributed by atoms with van der Waals surface area (Å²) in [5.74, 6) is -0.384. The van der Waals surface area contributed by atoms with Gasteiger partial charge in [0, 0.05) is 11.4 Å². The molecule has 2 aromatic rings. The minimum atomic E-state index is -0.793. The minimum Gasteiger partial charge on any atom is -0.467 e. The fourth-order valence-corrected chi connectivity index (χ4v) is 5.67. The van der Waals surface area contributed by atoms with E-state index in [0.29, 0.717) is 5.75 Å². The quantitative estimate of drug-likeness (QED) is 0.529. The average molecular weight is 440 g/mol. The summed E-state index contributed by atoms with van der Waals surface area (Å²) < 4.78 is 5.05. The average Bonchev–Trinajstić information content (AvgIpc) is 2.78. The first-order valence-electron chi connectivity index (χ1n) is 10.1.